The molecule has 1 aromatic heterocycles. The Morgan fingerprint density at radius 3 is 2.72 bits per heavy atom. The highest BCUT2D eigenvalue weighted by atomic mass is 35.5. The number of benzene rings is 2. The minimum atomic E-state index is -0.391. The molecule has 2 aromatic carbocycles. The van der Waals surface area contributed by atoms with E-state index in [1.54, 1.807) is 30.3 Å². The Hall–Kier alpha value is -2.90. The van der Waals surface area contributed by atoms with Crippen LogP contribution in [0, 0.1) is 0 Å². The number of rotatable bonds is 4. The van der Waals surface area contributed by atoms with Crippen LogP contribution in [0.15, 0.2) is 36.4 Å². The molecule has 3 N–H and O–H groups in total. The summed E-state index contributed by atoms with van der Waals surface area (Å²) in [6.07, 6.45) is 0.705. The van der Waals surface area contributed by atoms with E-state index in [4.69, 9.17) is 32.7 Å². The van der Waals surface area contributed by atoms with Crippen molar-refractivity contribution in [3.8, 4) is 11.5 Å². The SMILES string of the molecule is O=C(CCl)Nc1cc(NC(=O)c2cc3cc(Cl)ccc3[nH]2)cc2c1OCCCO2. The molecule has 0 atom stereocenters. The fourth-order valence-electron chi connectivity index (χ4n) is 3.05. The normalized spacial score (nSPS) is 13.0. The van der Waals surface area contributed by atoms with Gasteiger partial charge in [0.2, 0.25) is 5.91 Å². The Bertz CT molecular complexity index is 1100. The van der Waals surface area contributed by atoms with E-state index in [-0.39, 0.29) is 11.8 Å². The van der Waals surface area contributed by atoms with Gasteiger partial charge in [0.05, 0.1) is 18.9 Å². The molecule has 0 saturated carbocycles. The van der Waals surface area contributed by atoms with Crippen molar-refractivity contribution in [2.24, 2.45) is 0 Å². The molecule has 9 heteroatoms. The molecule has 3 aromatic rings. The van der Waals surface area contributed by atoms with E-state index in [1.807, 2.05) is 6.07 Å². The number of anilines is 2. The Morgan fingerprint density at radius 1 is 1.07 bits per heavy atom. The molecule has 0 bridgehead atoms. The first-order chi connectivity index (χ1) is 14.0. The Morgan fingerprint density at radius 2 is 1.90 bits per heavy atom. The number of hydrogen-bond donors (Lipinski definition) is 3. The Labute approximate surface area is 176 Å². The molecular weight excluding hydrogens is 417 g/mol. The van der Waals surface area contributed by atoms with Crippen LogP contribution in [0.2, 0.25) is 5.02 Å². The first-order valence-electron chi connectivity index (χ1n) is 8.92. The van der Waals surface area contributed by atoms with Crippen LogP contribution in [0.4, 0.5) is 11.4 Å². The van der Waals surface area contributed by atoms with Crippen LogP contribution in [0.1, 0.15) is 16.9 Å². The average molecular weight is 434 g/mol. The number of nitrogens with one attached hydrogen (secondary N) is 3. The minimum Gasteiger partial charge on any atom is -0.489 e. The maximum atomic E-state index is 12.7. The number of aromatic amines is 1. The Kier molecular flexibility index (Phi) is 5.51. The molecule has 0 unspecified atom stereocenters. The zero-order valence-corrected chi connectivity index (χ0v) is 16.7. The summed E-state index contributed by atoms with van der Waals surface area (Å²) in [7, 11) is 0. The highest BCUT2D eigenvalue weighted by Crippen LogP contribution is 2.40. The summed E-state index contributed by atoms with van der Waals surface area (Å²) in [5.41, 5.74) is 2.00. The standard InChI is InChI=1S/C20H17Cl2N3O4/c21-10-18(26)25-15-8-13(9-17-19(15)29-5-1-4-28-17)23-20(27)16-7-11-6-12(22)2-3-14(11)24-16/h2-3,6-9,24H,1,4-5,10H2,(H,23,27)(H,25,26). The molecule has 0 fully saturated rings. The van der Waals surface area contributed by atoms with Gasteiger partial charge in [0, 0.05) is 34.1 Å². The molecule has 0 saturated heterocycles. The number of carbonyl (C=O) groups excluding carboxylic acids is 2. The summed E-state index contributed by atoms with van der Waals surface area (Å²) in [4.78, 5) is 27.6. The molecule has 0 radical (unpaired) electrons. The fraction of sp³-hybridized carbons (Fsp3) is 0.200. The van der Waals surface area contributed by atoms with Gasteiger partial charge in [-0.15, -0.1) is 11.6 Å². The lowest BCUT2D eigenvalue weighted by Gasteiger charge is -2.15. The second-order valence-corrected chi connectivity index (χ2v) is 7.16. The van der Waals surface area contributed by atoms with E-state index >= 15 is 0 Å². The molecule has 29 heavy (non-hydrogen) atoms. The van der Waals surface area contributed by atoms with Crippen molar-refractivity contribution in [1.29, 1.82) is 0 Å². The molecule has 0 spiro atoms. The van der Waals surface area contributed by atoms with Crippen LogP contribution < -0.4 is 20.1 Å². The summed E-state index contributed by atoms with van der Waals surface area (Å²) < 4.78 is 11.4. The van der Waals surface area contributed by atoms with Gasteiger partial charge in [-0.3, -0.25) is 9.59 Å². The van der Waals surface area contributed by atoms with Crippen molar-refractivity contribution in [1.82, 2.24) is 4.98 Å². The second kappa shape index (κ2) is 8.23. The topological polar surface area (TPSA) is 92.5 Å². The van der Waals surface area contributed by atoms with E-state index in [2.05, 4.69) is 15.6 Å². The van der Waals surface area contributed by atoms with Gasteiger partial charge in [-0.1, -0.05) is 11.6 Å². The highest BCUT2D eigenvalue weighted by molar-refractivity contribution is 6.31. The monoisotopic (exact) mass is 433 g/mol. The molecule has 2 amide bonds. The number of aromatic nitrogens is 1. The van der Waals surface area contributed by atoms with Crippen LogP contribution in [0.5, 0.6) is 11.5 Å². The maximum Gasteiger partial charge on any atom is 0.272 e. The molecular formula is C20H17Cl2N3O4. The van der Waals surface area contributed by atoms with Gasteiger partial charge < -0.3 is 25.1 Å². The van der Waals surface area contributed by atoms with Crippen LogP contribution in [-0.4, -0.2) is 35.9 Å². The van der Waals surface area contributed by atoms with Gasteiger partial charge in [0.25, 0.3) is 5.91 Å². The van der Waals surface area contributed by atoms with Crippen LogP contribution in [-0.2, 0) is 4.79 Å². The lowest BCUT2D eigenvalue weighted by molar-refractivity contribution is -0.113. The number of H-pyrrole nitrogens is 1. The largest absolute Gasteiger partial charge is 0.489 e. The van der Waals surface area contributed by atoms with E-state index in [9.17, 15) is 9.59 Å². The van der Waals surface area contributed by atoms with Gasteiger partial charge in [-0.2, -0.15) is 0 Å². The minimum absolute atomic E-state index is 0.205. The fourth-order valence-corrected chi connectivity index (χ4v) is 3.29. The summed E-state index contributed by atoms with van der Waals surface area (Å²) in [6, 6.07) is 10.3. The van der Waals surface area contributed by atoms with E-state index in [0.29, 0.717) is 53.2 Å². The molecule has 2 heterocycles. The second-order valence-electron chi connectivity index (χ2n) is 6.45. The predicted molar refractivity (Wildman–Crippen MR) is 113 cm³/mol. The maximum absolute atomic E-state index is 12.7. The zero-order valence-electron chi connectivity index (χ0n) is 15.2. The predicted octanol–water partition coefficient (Wildman–Crippen LogP) is 4.41. The summed E-state index contributed by atoms with van der Waals surface area (Å²) in [5.74, 6) is -0.0870. The van der Waals surface area contributed by atoms with Crippen molar-refractivity contribution in [3.05, 3.63) is 47.1 Å². The van der Waals surface area contributed by atoms with Gasteiger partial charge >= 0.3 is 0 Å². The van der Waals surface area contributed by atoms with E-state index < -0.39 is 5.91 Å². The van der Waals surface area contributed by atoms with Crippen LogP contribution in [0.25, 0.3) is 10.9 Å². The smallest absolute Gasteiger partial charge is 0.272 e. The number of halogens is 2. The number of hydrogen-bond acceptors (Lipinski definition) is 4. The summed E-state index contributed by atoms with van der Waals surface area (Å²) >= 11 is 11.6. The number of ether oxygens (including phenoxy) is 2. The average Bonchev–Trinajstić information content (AvgIpc) is 2.97. The molecule has 4 rings (SSSR count). The number of carbonyl (C=O) groups is 2. The summed E-state index contributed by atoms with van der Waals surface area (Å²) in [5, 5.41) is 6.91. The molecule has 1 aliphatic rings. The highest BCUT2D eigenvalue weighted by Gasteiger charge is 2.20. The Balaban J connectivity index is 1.64. The third-order valence-corrected chi connectivity index (χ3v) is 4.81. The van der Waals surface area contributed by atoms with Gasteiger partial charge in [0.15, 0.2) is 11.5 Å². The molecule has 7 nitrogen and oxygen atoms in total. The number of fused-ring (bicyclic) bond motifs is 2. The third-order valence-electron chi connectivity index (χ3n) is 4.33. The van der Waals surface area contributed by atoms with Crippen molar-refractivity contribution in [2.45, 2.75) is 6.42 Å². The van der Waals surface area contributed by atoms with Crippen LogP contribution in [0.3, 0.4) is 0 Å². The van der Waals surface area contributed by atoms with Crippen LogP contribution >= 0.6 is 23.2 Å². The van der Waals surface area contributed by atoms with E-state index in [0.717, 1.165) is 10.9 Å². The van der Waals surface area contributed by atoms with E-state index in [1.165, 1.54) is 0 Å². The third kappa shape index (κ3) is 4.26. The first-order valence-corrected chi connectivity index (χ1v) is 9.84. The van der Waals surface area contributed by atoms with Gasteiger partial charge in [-0.05, 0) is 30.3 Å². The van der Waals surface area contributed by atoms with Gasteiger partial charge in [-0.25, -0.2) is 0 Å². The number of alkyl halides is 1. The number of amides is 2. The van der Waals surface area contributed by atoms with Gasteiger partial charge in [0.1, 0.15) is 11.6 Å². The van der Waals surface area contributed by atoms with Crippen molar-refractivity contribution >= 4 is 57.3 Å². The van der Waals surface area contributed by atoms with Crippen molar-refractivity contribution in [2.75, 3.05) is 29.7 Å². The molecule has 150 valence electrons. The van der Waals surface area contributed by atoms with Crippen molar-refractivity contribution in [3.63, 3.8) is 0 Å². The molecule has 0 aliphatic carbocycles. The molecule has 1 aliphatic heterocycles. The lowest BCUT2D eigenvalue weighted by Crippen LogP contribution is -2.16. The quantitative estimate of drug-likeness (QED) is 0.531. The summed E-state index contributed by atoms with van der Waals surface area (Å²) in [6.45, 7) is 0.927. The van der Waals surface area contributed by atoms with Crippen molar-refractivity contribution < 1.29 is 19.1 Å². The first kappa shape index (κ1) is 19.4. The lowest BCUT2D eigenvalue weighted by atomic mass is 10.2. The zero-order chi connectivity index (χ0) is 20.4.